The summed E-state index contributed by atoms with van der Waals surface area (Å²) in [7, 11) is 1.87. The molecule has 0 aliphatic carbocycles. The number of nitrogens with one attached hydrogen (secondary N) is 2. The number of aliphatic hydroxyl groups excluding tert-OH is 2. The van der Waals surface area contributed by atoms with Crippen molar-refractivity contribution in [3.05, 3.63) is 42.5 Å². The Morgan fingerprint density at radius 3 is 2.18 bits per heavy atom. The van der Waals surface area contributed by atoms with Crippen molar-refractivity contribution < 1.29 is 24.6 Å². The third kappa shape index (κ3) is 11.1. The number of likely N-dealkylation sites (N-methyl/N-ethyl adjacent to an activating group) is 1. The number of hydrogen-bond donors (Lipinski definition) is 5. The number of carbonyl (C=O) groups is 3. The lowest BCUT2D eigenvalue weighted by Gasteiger charge is -2.35. The monoisotopic (exact) mass is 626 g/mol. The second-order valence-electron chi connectivity index (χ2n) is 13.7. The van der Waals surface area contributed by atoms with Crippen LogP contribution in [0.3, 0.4) is 0 Å². The van der Waals surface area contributed by atoms with Gasteiger partial charge in [-0.3, -0.25) is 14.4 Å². The molecule has 0 fully saturated rings. The van der Waals surface area contributed by atoms with E-state index in [-0.39, 0.29) is 36.4 Å². The fourth-order valence-electron chi connectivity index (χ4n) is 5.90. The zero-order valence-electron chi connectivity index (χ0n) is 28.7. The van der Waals surface area contributed by atoms with Gasteiger partial charge < -0.3 is 31.5 Å². The van der Waals surface area contributed by atoms with Gasteiger partial charge in [-0.05, 0) is 50.0 Å². The van der Waals surface area contributed by atoms with E-state index in [1.54, 1.807) is 6.92 Å². The van der Waals surface area contributed by atoms with Gasteiger partial charge in [0.25, 0.3) is 0 Å². The highest BCUT2D eigenvalue weighted by atomic mass is 16.3. The second kappa shape index (κ2) is 17.6. The van der Waals surface area contributed by atoms with Gasteiger partial charge in [-0.1, -0.05) is 83.9 Å². The average Bonchev–Trinajstić information content (AvgIpc) is 2.98. The Balaban J connectivity index is 2.33. The summed E-state index contributed by atoms with van der Waals surface area (Å²) >= 11 is 0. The Labute approximate surface area is 270 Å². The SMILES string of the molecule is CCCC[C@H](NC(=O)[C@H](C)N(C)c1cccc2ccccc12)C(=O)[C@@H](CC(C)C)[C@@H](O)CC(N)(CC(C)O)C(=O)NCC(C)C. The van der Waals surface area contributed by atoms with E-state index < -0.39 is 41.7 Å². The maximum atomic E-state index is 14.2. The fraction of sp³-hybridized carbons (Fsp3) is 0.639. The average molecular weight is 627 g/mol. The molecule has 45 heavy (non-hydrogen) atoms. The summed E-state index contributed by atoms with van der Waals surface area (Å²) in [6.45, 7) is 13.6. The Kier molecular flexibility index (Phi) is 14.9. The first-order valence-electron chi connectivity index (χ1n) is 16.6. The van der Waals surface area contributed by atoms with Crippen LogP contribution in [0.15, 0.2) is 42.5 Å². The van der Waals surface area contributed by atoms with Crippen molar-refractivity contribution in [1.29, 1.82) is 0 Å². The van der Waals surface area contributed by atoms with E-state index in [0.717, 1.165) is 29.3 Å². The molecule has 2 amide bonds. The lowest BCUT2D eigenvalue weighted by atomic mass is 9.77. The minimum Gasteiger partial charge on any atom is -0.393 e. The second-order valence-corrected chi connectivity index (χ2v) is 13.7. The first-order valence-corrected chi connectivity index (χ1v) is 16.6. The summed E-state index contributed by atoms with van der Waals surface area (Å²) in [6, 6.07) is 12.6. The van der Waals surface area contributed by atoms with E-state index in [1.165, 1.54) is 0 Å². The number of amides is 2. The van der Waals surface area contributed by atoms with E-state index in [0.29, 0.717) is 19.4 Å². The molecule has 0 spiro atoms. The van der Waals surface area contributed by atoms with Crippen molar-refractivity contribution in [2.45, 2.75) is 117 Å². The van der Waals surface area contributed by atoms with Gasteiger partial charge in [0, 0.05) is 43.4 Å². The molecule has 6 atom stereocenters. The zero-order chi connectivity index (χ0) is 33.9. The molecule has 9 nitrogen and oxygen atoms in total. The molecular weight excluding hydrogens is 568 g/mol. The summed E-state index contributed by atoms with van der Waals surface area (Å²) in [4.78, 5) is 43.0. The number of ketones is 1. The van der Waals surface area contributed by atoms with Gasteiger partial charge >= 0.3 is 0 Å². The number of carbonyl (C=O) groups excluding carboxylic acids is 3. The van der Waals surface area contributed by atoms with E-state index in [4.69, 9.17) is 5.73 Å². The van der Waals surface area contributed by atoms with Crippen LogP contribution in [0.1, 0.15) is 87.0 Å². The highest BCUT2D eigenvalue weighted by Crippen LogP contribution is 2.29. The predicted molar refractivity (Wildman–Crippen MR) is 183 cm³/mol. The van der Waals surface area contributed by atoms with Crippen LogP contribution in [0.25, 0.3) is 10.8 Å². The third-order valence-corrected chi connectivity index (χ3v) is 8.52. The van der Waals surface area contributed by atoms with Crippen LogP contribution in [0.2, 0.25) is 0 Å². The number of anilines is 1. The molecule has 2 aromatic carbocycles. The van der Waals surface area contributed by atoms with Gasteiger partial charge in [0.05, 0.1) is 18.2 Å². The lowest BCUT2D eigenvalue weighted by molar-refractivity contribution is -0.136. The van der Waals surface area contributed by atoms with Crippen LogP contribution in [0.5, 0.6) is 0 Å². The minimum atomic E-state index is -1.57. The summed E-state index contributed by atoms with van der Waals surface area (Å²) in [5.74, 6) is -1.62. The van der Waals surface area contributed by atoms with Crippen LogP contribution in [-0.2, 0) is 14.4 Å². The number of rotatable bonds is 19. The minimum absolute atomic E-state index is 0.0613. The summed E-state index contributed by atoms with van der Waals surface area (Å²) < 4.78 is 0. The number of benzene rings is 2. The van der Waals surface area contributed by atoms with E-state index in [2.05, 4.69) is 10.6 Å². The fourth-order valence-corrected chi connectivity index (χ4v) is 5.90. The maximum Gasteiger partial charge on any atom is 0.242 e. The molecule has 0 aliphatic rings. The van der Waals surface area contributed by atoms with Crippen molar-refractivity contribution in [2.24, 2.45) is 23.5 Å². The van der Waals surface area contributed by atoms with Crippen molar-refractivity contribution in [3.8, 4) is 0 Å². The Morgan fingerprint density at radius 1 is 0.933 bits per heavy atom. The van der Waals surface area contributed by atoms with Crippen molar-refractivity contribution >= 4 is 34.1 Å². The third-order valence-electron chi connectivity index (χ3n) is 8.52. The highest BCUT2D eigenvalue weighted by molar-refractivity contribution is 5.98. The molecular formula is C36H58N4O5. The van der Waals surface area contributed by atoms with E-state index in [1.807, 2.05) is 96.0 Å². The van der Waals surface area contributed by atoms with E-state index in [9.17, 15) is 24.6 Å². The van der Waals surface area contributed by atoms with Crippen LogP contribution < -0.4 is 21.3 Å². The van der Waals surface area contributed by atoms with E-state index >= 15 is 0 Å². The highest BCUT2D eigenvalue weighted by Gasteiger charge is 2.42. The van der Waals surface area contributed by atoms with Crippen LogP contribution in [0, 0.1) is 17.8 Å². The molecule has 6 N–H and O–H groups in total. The maximum absolute atomic E-state index is 14.2. The number of aliphatic hydroxyl groups is 2. The molecule has 0 heterocycles. The first kappa shape index (κ1) is 38.2. The molecule has 0 aliphatic heterocycles. The molecule has 9 heteroatoms. The zero-order valence-corrected chi connectivity index (χ0v) is 28.7. The predicted octanol–water partition coefficient (Wildman–Crippen LogP) is 4.56. The molecule has 2 rings (SSSR count). The van der Waals surface area contributed by atoms with Crippen molar-refractivity contribution in [2.75, 3.05) is 18.5 Å². The number of nitrogens with zero attached hydrogens (tertiary/aromatic N) is 1. The number of hydrogen-bond acceptors (Lipinski definition) is 7. The van der Waals surface area contributed by atoms with Gasteiger partial charge in [-0.2, -0.15) is 0 Å². The molecule has 252 valence electrons. The first-order chi connectivity index (χ1) is 21.1. The standard InChI is InChI=1S/C36H58N4O5/c1-9-10-17-30(39-34(44)26(7)40(8)31-18-13-15-27-14-11-12-16-28(27)31)33(43)29(19-23(2)3)32(42)21-36(37,20-25(6)41)35(45)38-22-24(4)5/h11-16,18,23-26,29-30,32,41-42H,9-10,17,19-22,37H2,1-8H3,(H,38,45)(H,39,44)/t25?,26-,29-,30-,32-,36?/m0/s1. The smallest absolute Gasteiger partial charge is 0.242 e. The Hall–Kier alpha value is -3.01. The van der Waals surface area contributed by atoms with Crippen molar-refractivity contribution in [3.63, 3.8) is 0 Å². The quantitative estimate of drug-likeness (QED) is 0.154. The molecule has 0 aromatic heterocycles. The van der Waals surface area contributed by atoms with Gasteiger partial charge in [0.1, 0.15) is 11.6 Å². The number of nitrogens with two attached hydrogens (primary N) is 1. The molecule has 0 saturated carbocycles. The molecule has 2 aromatic rings. The Bertz CT molecular complexity index is 1240. The number of Topliss-reactive ketones (excluding diaryl/α,β-unsaturated/α-hetero) is 1. The summed E-state index contributed by atoms with van der Waals surface area (Å²) in [6.07, 6.45) is -0.0439. The van der Waals surface area contributed by atoms with Crippen LogP contribution >= 0.6 is 0 Å². The van der Waals surface area contributed by atoms with Crippen molar-refractivity contribution in [1.82, 2.24) is 10.6 Å². The largest absolute Gasteiger partial charge is 0.393 e. The number of unbranched alkanes of at least 4 members (excludes halogenated alkanes) is 1. The van der Waals surface area contributed by atoms with Gasteiger partial charge in [0.2, 0.25) is 11.8 Å². The molecule has 0 saturated heterocycles. The Morgan fingerprint density at radius 2 is 1.58 bits per heavy atom. The summed E-state index contributed by atoms with van der Waals surface area (Å²) in [5.41, 5.74) is 5.92. The molecule has 0 bridgehead atoms. The van der Waals surface area contributed by atoms with Gasteiger partial charge in [-0.25, -0.2) is 0 Å². The van der Waals surface area contributed by atoms with Gasteiger partial charge in [-0.15, -0.1) is 0 Å². The topological polar surface area (TPSA) is 145 Å². The molecule has 2 unspecified atom stereocenters. The van der Waals surface area contributed by atoms with Crippen LogP contribution in [-0.4, -0.2) is 71.2 Å². The lowest BCUT2D eigenvalue weighted by Crippen LogP contribution is -2.59. The van der Waals surface area contributed by atoms with Gasteiger partial charge in [0.15, 0.2) is 5.78 Å². The normalized spacial score (nSPS) is 16.5. The molecule has 0 radical (unpaired) electrons. The summed E-state index contributed by atoms with van der Waals surface area (Å²) in [5, 5.41) is 29.7. The van der Waals surface area contributed by atoms with Crippen LogP contribution in [0.4, 0.5) is 5.69 Å². The number of fused-ring (bicyclic) bond motifs is 1.